The molecule has 0 aliphatic rings. The van der Waals surface area contributed by atoms with Crippen LogP contribution in [0.15, 0.2) is 103 Å². The molecule has 3 aromatic rings. The molecule has 0 aliphatic carbocycles. The molecule has 0 saturated carbocycles. The van der Waals surface area contributed by atoms with E-state index in [-0.39, 0.29) is 0 Å². The Morgan fingerprint density at radius 2 is 1.07 bits per heavy atom. The van der Waals surface area contributed by atoms with Gasteiger partial charge in [0.15, 0.2) is 0 Å². The van der Waals surface area contributed by atoms with E-state index in [9.17, 15) is 0 Å². The molecule has 0 nitrogen and oxygen atoms in total. The van der Waals surface area contributed by atoms with E-state index in [4.69, 9.17) is 11.6 Å². The molecule has 0 atom stereocenters. The molecular weight excluding hydrogens is 506 g/mol. The number of unbranched alkanes of at least 4 members (excludes halogenated alkanes) is 3. The number of benzene rings is 3. The van der Waals surface area contributed by atoms with E-state index >= 15 is 0 Å². The van der Waals surface area contributed by atoms with E-state index in [1.165, 1.54) is 28.8 Å². The summed E-state index contributed by atoms with van der Waals surface area (Å²) in [4.78, 5) is 0. The Morgan fingerprint density at radius 3 is 1.48 bits per heavy atom. The van der Waals surface area contributed by atoms with Crippen molar-refractivity contribution in [1.82, 2.24) is 0 Å². The Hall–Kier alpha value is -1.15. The van der Waals surface area contributed by atoms with Crippen LogP contribution in [-0.2, 0) is 0 Å². The van der Waals surface area contributed by atoms with Gasteiger partial charge in [-0.3, -0.25) is 0 Å². The summed E-state index contributed by atoms with van der Waals surface area (Å²) in [7, 11) is 0. The number of halogens is 2. The molecule has 0 bridgehead atoms. The Kier molecular flexibility index (Phi) is 8.35. The van der Waals surface area contributed by atoms with E-state index < -0.39 is 4.25 Å². The average molecular weight is 535 g/mol. The van der Waals surface area contributed by atoms with E-state index in [1.807, 2.05) is 0 Å². The van der Waals surface area contributed by atoms with Gasteiger partial charge in [-0.15, -0.1) is 0 Å². The van der Waals surface area contributed by atoms with Gasteiger partial charge in [-0.25, -0.2) is 0 Å². The van der Waals surface area contributed by atoms with Gasteiger partial charge in [0.05, 0.1) is 0 Å². The summed E-state index contributed by atoms with van der Waals surface area (Å²) in [5.41, 5.74) is 0. The molecule has 0 fully saturated rings. The van der Waals surface area contributed by atoms with E-state index in [2.05, 4.69) is 125 Å². The third-order valence-corrected chi connectivity index (χ3v) is 17.0. The van der Waals surface area contributed by atoms with Gasteiger partial charge in [-0.05, 0) is 0 Å². The van der Waals surface area contributed by atoms with Crippen LogP contribution in [0.25, 0.3) is 0 Å². The molecule has 0 aromatic heterocycles. The van der Waals surface area contributed by atoms with Crippen LogP contribution < -0.4 is 15.9 Å². The number of allylic oxidation sites excluding steroid dienone is 2. The van der Waals surface area contributed by atoms with Gasteiger partial charge in [0.25, 0.3) is 0 Å². The van der Waals surface area contributed by atoms with Crippen LogP contribution in [0, 0.1) is 0 Å². The monoisotopic (exact) mass is 534 g/mol. The molecule has 0 heterocycles. The van der Waals surface area contributed by atoms with Crippen molar-refractivity contribution < 1.29 is 0 Å². The summed E-state index contributed by atoms with van der Waals surface area (Å²) in [5, 5.41) is 4.30. The SMILES string of the molecule is ClCCCCCC=CCP(I)(c1ccccc1)(c1ccccc1)c1ccccc1. The summed E-state index contributed by atoms with van der Waals surface area (Å²) in [6.07, 6.45) is 10.5. The zero-order valence-electron chi connectivity index (χ0n) is 16.8. The molecule has 0 N–H and O–H groups in total. The van der Waals surface area contributed by atoms with Crippen LogP contribution in [0.4, 0.5) is 0 Å². The van der Waals surface area contributed by atoms with Gasteiger partial charge >= 0.3 is 195 Å². The maximum absolute atomic E-state index is 5.81. The zero-order valence-corrected chi connectivity index (χ0v) is 20.6. The van der Waals surface area contributed by atoms with Gasteiger partial charge in [0.2, 0.25) is 0 Å². The van der Waals surface area contributed by atoms with Crippen LogP contribution in [0.5, 0.6) is 0 Å². The molecule has 0 amide bonds. The minimum atomic E-state index is -2.65. The molecule has 0 aliphatic heterocycles. The van der Waals surface area contributed by atoms with E-state index in [0.717, 1.165) is 24.9 Å². The van der Waals surface area contributed by atoms with Crippen LogP contribution in [0.3, 0.4) is 0 Å². The molecule has 3 rings (SSSR count). The predicted octanol–water partition coefficient (Wildman–Crippen LogP) is 7.22. The van der Waals surface area contributed by atoms with Crippen LogP contribution in [0.2, 0.25) is 0 Å². The number of rotatable bonds is 10. The molecule has 0 unspecified atom stereocenters. The van der Waals surface area contributed by atoms with Gasteiger partial charge in [-0.2, -0.15) is 0 Å². The molecule has 29 heavy (non-hydrogen) atoms. The first kappa shape index (κ1) is 22.5. The Bertz CT molecular complexity index is 794. The fourth-order valence-corrected chi connectivity index (χ4v) is 12.1. The van der Waals surface area contributed by atoms with Crippen LogP contribution >= 0.6 is 37.9 Å². The third-order valence-electron chi connectivity index (χ3n) is 5.50. The summed E-state index contributed by atoms with van der Waals surface area (Å²) in [6, 6.07) is 33.3. The van der Waals surface area contributed by atoms with Crippen molar-refractivity contribution in [3.8, 4) is 0 Å². The Balaban J connectivity index is 2.08. The zero-order chi connectivity index (χ0) is 20.4. The number of alkyl halides is 1. The topological polar surface area (TPSA) is 0 Å². The molecular formula is C26H29ClIP. The quantitative estimate of drug-likeness (QED) is 0.0847. The predicted molar refractivity (Wildman–Crippen MR) is 142 cm³/mol. The fraction of sp³-hybridized carbons (Fsp3) is 0.231. The Labute approximate surface area is 193 Å². The molecule has 152 valence electrons. The first-order chi connectivity index (χ1) is 14.2. The van der Waals surface area contributed by atoms with Crippen molar-refractivity contribution >= 4 is 53.8 Å². The Morgan fingerprint density at radius 1 is 0.621 bits per heavy atom. The summed E-state index contributed by atoms with van der Waals surface area (Å²) in [5.74, 6) is 0.768. The second-order valence-electron chi connectivity index (χ2n) is 7.38. The van der Waals surface area contributed by atoms with Gasteiger partial charge in [-0.1, -0.05) is 0 Å². The second-order valence-corrected chi connectivity index (χ2v) is 18.4. The summed E-state index contributed by atoms with van der Waals surface area (Å²) >= 11 is 8.65. The standard InChI is InChI=1S/C26H29ClIP/c27-22-14-3-1-2-4-15-23-29(28,24-16-8-5-9-17-24,25-18-10-6-11-19-25)26-20-12-7-13-21-26/h4-13,15-21H,1-3,14,22-23H2. The third kappa shape index (κ3) is 4.95. The minimum absolute atomic E-state index is 0.768. The molecule has 0 saturated heterocycles. The van der Waals surface area contributed by atoms with Crippen molar-refractivity contribution in [3.05, 3.63) is 103 Å². The normalized spacial score (nSPS) is 13.2. The van der Waals surface area contributed by atoms with Crippen molar-refractivity contribution in [3.63, 3.8) is 0 Å². The molecule has 0 radical (unpaired) electrons. The first-order valence-corrected chi connectivity index (χ1v) is 16.0. The van der Waals surface area contributed by atoms with Gasteiger partial charge in [0.1, 0.15) is 0 Å². The van der Waals surface area contributed by atoms with Crippen molar-refractivity contribution in [2.24, 2.45) is 0 Å². The first-order valence-electron chi connectivity index (χ1n) is 10.3. The van der Waals surface area contributed by atoms with Crippen molar-refractivity contribution in [2.45, 2.75) is 25.7 Å². The maximum atomic E-state index is 5.81. The van der Waals surface area contributed by atoms with Gasteiger partial charge < -0.3 is 0 Å². The molecule has 0 spiro atoms. The van der Waals surface area contributed by atoms with Crippen LogP contribution in [0.1, 0.15) is 25.7 Å². The van der Waals surface area contributed by atoms with Gasteiger partial charge in [0, 0.05) is 0 Å². The van der Waals surface area contributed by atoms with Crippen molar-refractivity contribution in [2.75, 3.05) is 12.0 Å². The molecule has 3 aromatic carbocycles. The van der Waals surface area contributed by atoms with Crippen molar-refractivity contribution in [1.29, 1.82) is 0 Å². The molecule has 3 heteroatoms. The van der Waals surface area contributed by atoms with E-state index in [1.54, 1.807) is 0 Å². The number of hydrogen-bond donors (Lipinski definition) is 0. The van der Waals surface area contributed by atoms with E-state index in [0.29, 0.717) is 0 Å². The summed E-state index contributed by atoms with van der Waals surface area (Å²) in [6.45, 7) is 0. The second kappa shape index (κ2) is 10.8. The average Bonchev–Trinajstić information content (AvgIpc) is 2.80. The summed E-state index contributed by atoms with van der Waals surface area (Å²) < 4.78 is -2.65. The van der Waals surface area contributed by atoms with Crippen LogP contribution in [-0.4, -0.2) is 12.0 Å². The number of hydrogen-bond acceptors (Lipinski definition) is 0. The fourth-order valence-electron chi connectivity index (χ4n) is 3.90.